The summed E-state index contributed by atoms with van der Waals surface area (Å²) >= 11 is 0. The third-order valence-electron chi connectivity index (χ3n) is 11.1. The molecule has 1 atom stereocenters. The molecule has 2 bridgehead atoms. The highest BCUT2D eigenvalue weighted by Crippen LogP contribution is 2.43. The maximum Gasteiger partial charge on any atom is 0.233 e. The molecule has 6 heteroatoms. The Morgan fingerprint density at radius 1 is 0.938 bits per heavy atom. The van der Waals surface area contributed by atoms with E-state index in [-0.39, 0.29) is 5.92 Å². The minimum atomic E-state index is -0.579. The van der Waals surface area contributed by atoms with Crippen LogP contribution < -0.4 is 5.32 Å². The zero-order chi connectivity index (χ0) is 33.6. The van der Waals surface area contributed by atoms with Crippen LogP contribution in [0.25, 0.3) is 33.2 Å². The van der Waals surface area contributed by atoms with E-state index in [1.165, 1.54) is 44.3 Å². The molecule has 0 unspecified atom stereocenters. The highest BCUT2D eigenvalue weighted by Gasteiger charge is 2.47. The van der Waals surface area contributed by atoms with Gasteiger partial charge in [0.1, 0.15) is 0 Å². The molecule has 5 aromatic rings. The van der Waals surface area contributed by atoms with Gasteiger partial charge in [-0.1, -0.05) is 30.2 Å². The van der Waals surface area contributed by atoms with Gasteiger partial charge in [-0.3, -0.25) is 4.79 Å². The fourth-order valence-electron chi connectivity index (χ4n) is 8.53. The molecule has 0 spiro atoms. The second-order valence-electron chi connectivity index (χ2n) is 15.2. The van der Waals surface area contributed by atoms with Crippen LogP contribution in [-0.4, -0.2) is 50.9 Å². The van der Waals surface area contributed by atoms with Crippen LogP contribution in [0.15, 0.2) is 60.8 Å². The lowest BCUT2D eigenvalue weighted by atomic mass is 9.81. The Morgan fingerprint density at radius 2 is 1.67 bits per heavy atom. The fraction of sp³-hybridized carbons (Fsp3) is 0.452. The summed E-state index contributed by atoms with van der Waals surface area (Å²) in [5.74, 6) is 0.566. The number of hydrogen-bond acceptors (Lipinski definition) is 4. The molecule has 6 nitrogen and oxygen atoms in total. The van der Waals surface area contributed by atoms with Crippen LogP contribution in [0.2, 0.25) is 0 Å². The number of pyridine rings is 2. The number of carbonyl (C=O) groups is 1. The van der Waals surface area contributed by atoms with Crippen molar-refractivity contribution >= 4 is 27.8 Å². The van der Waals surface area contributed by atoms with Crippen molar-refractivity contribution in [2.45, 2.75) is 110 Å². The standard InChI is InChI=1S/C42H51N5O/c1-26-21-27(2)23-31(22-26)39-38(28(3)25-43-19-8-7-9-30-18-20-44-40-35(30)16-10-29(4)45-40)36-24-32(11-17-37(36)46-39)42(5,6)41(48)47-33-12-13-34(47)15-14-33/h10-11,16-18,20-24,28,33-34,43,46H,7-9,12-15,19,25H2,1-6H3/t28-,33?,34?/m1/s1. The lowest BCUT2D eigenvalue weighted by Gasteiger charge is -2.33. The van der Waals surface area contributed by atoms with E-state index in [9.17, 15) is 4.79 Å². The molecule has 2 fully saturated rings. The van der Waals surface area contributed by atoms with Gasteiger partial charge in [0.05, 0.1) is 11.1 Å². The maximum absolute atomic E-state index is 14.1. The summed E-state index contributed by atoms with van der Waals surface area (Å²) in [6.45, 7) is 14.8. The molecule has 250 valence electrons. The third kappa shape index (κ3) is 6.16. The molecule has 0 aliphatic carbocycles. The van der Waals surface area contributed by atoms with E-state index >= 15 is 0 Å². The van der Waals surface area contributed by atoms with Crippen LogP contribution in [0.3, 0.4) is 0 Å². The van der Waals surface area contributed by atoms with Crippen LogP contribution >= 0.6 is 0 Å². The number of amides is 1. The van der Waals surface area contributed by atoms with Crippen molar-refractivity contribution in [3.8, 4) is 11.3 Å². The number of carbonyl (C=O) groups excluding carboxylic acids is 1. The van der Waals surface area contributed by atoms with Crippen LogP contribution in [-0.2, 0) is 16.6 Å². The normalized spacial score (nSPS) is 18.3. The van der Waals surface area contributed by atoms with Crippen molar-refractivity contribution in [2.75, 3.05) is 13.1 Å². The maximum atomic E-state index is 14.1. The molecule has 1 amide bonds. The van der Waals surface area contributed by atoms with Crippen molar-refractivity contribution < 1.29 is 4.79 Å². The molecule has 0 saturated carbocycles. The molecule has 2 aliphatic rings. The van der Waals surface area contributed by atoms with Crippen LogP contribution in [0, 0.1) is 20.8 Å². The van der Waals surface area contributed by atoms with Gasteiger partial charge in [0, 0.05) is 46.8 Å². The van der Waals surface area contributed by atoms with Crippen molar-refractivity contribution in [1.82, 2.24) is 25.2 Å². The summed E-state index contributed by atoms with van der Waals surface area (Å²) in [5.41, 5.74) is 11.1. The molecular weight excluding hydrogens is 590 g/mol. The number of unbranched alkanes of at least 4 members (excludes halogenated alkanes) is 1. The molecule has 2 N–H and O–H groups in total. The zero-order valence-corrected chi connectivity index (χ0v) is 29.6. The van der Waals surface area contributed by atoms with Crippen LogP contribution in [0.1, 0.15) is 98.7 Å². The number of nitrogens with zero attached hydrogens (tertiary/aromatic N) is 3. The van der Waals surface area contributed by atoms with E-state index in [0.717, 1.165) is 80.5 Å². The number of hydrogen-bond donors (Lipinski definition) is 2. The molecule has 2 aliphatic heterocycles. The number of benzene rings is 2. The Bertz CT molecular complexity index is 1930. The fourth-order valence-corrected chi connectivity index (χ4v) is 8.53. The molecule has 0 radical (unpaired) electrons. The van der Waals surface area contributed by atoms with Gasteiger partial charge in [0.2, 0.25) is 5.91 Å². The molecule has 5 heterocycles. The number of aromatic nitrogens is 3. The molecule has 7 rings (SSSR count). The Hall–Kier alpha value is -4.03. The number of rotatable bonds is 11. The van der Waals surface area contributed by atoms with Gasteiger partial charge in [-0.15, -0.1) is 0 Å². The lowest BCUT2D eigenvalue weighted by Crippen LogP contribution is -2.45. The summed E-state index contributed by atoms with van der Waals surface area (Å²) in [4.78, 5) is 29.2. The van der Waals surface area contributed by atoms with Gasteiger partial charge in [-0.05, 0) is 157 Å². The number of nitrogens with one attached hydrogen (secondary N) is 2. The Balaban J connectivity index is 1.10. The Labute approximate surface area is 285 Å². The molecule has 2 aromatic carbocycles. The number of aryl methyl sites for hydroxylation is 4. The smallest absolute Gasteiger partial charge is 0.233 e. The topological polar surface area (TPSA) is 73.9 Å². The predicted octanol–water partition coefficient (Wildman–Crippen LogP) is 8.85. The summed E-state index contributed by atoms with van der Waals surface area (Å²) in [6, 6.07) is 20.7. The van der Waals surface area contributed by atoms with E-state index < -0.39 is 5.41 Å². The SMILES string of the molecule is Cc1cc(C)cc(-c2[nH]c3ccc(C(C)(C)C(=O)N4C5CCC4CC5)cc3c2[C@H](C)CNCCCCc2ccnc3nc(C)ccc23)c1. The van der Waals surface area contributed by atoms with Crippen molar-refractivity contribution in [2.24, 2.45) is 0 Å². The minimum absolute atomic E-state index is 0.275. The first kappa shape index (κ1) is 32.5. The van der Waals surface area contributed by atoms with Crippen molar-refractivity contribution in [1.29, 1.82) is 0 Å². The first-order chi connectivity index (χ1) is 23.1. The average molecular weight is 642 g/mol. The third-order valence-corrected chi connectivity index (χ3v) is 11.1. The largest absolute Gasteiger partial charge is 0.354 e. The van der Waals surface area contributed by atoms with Gasteiger partial charge in [0.15, 0.2) is 5.65 Å². The number of fused-ring (bicyclic) bond motifs is 4. The van der Waals surface area contributed by atoms with E-state index in [1.807, 2.05) is 13.1 Å². The summed E-state index contributed by atoms with van der Waals surface area (Å²) < 4.78 is 0. The number of aromatic amines is 1. The molecule has 3 aromatic heterocycles. The molecule has 48 heavy (non-hydrogen) atoms. The monoisotopic (exact) mass is 641 g/mol. The summed E-state index contributed by atoms with van der Waals surface area (Å²) in [5, 5.41) is 6.19. The molecular formula is C42H51N5O. The minimum Gasteiger partial charge on any atom is -0.354 e. The van der Waals surface area contributed by atoms with Gasteiger partial charge in [0.25, 0.3) is 0 Å². The lowest BCUT2D eigenvalue weighted by molar-refractivity contribution is -0.137. The second-order valence-corrected chi connectivity index (χ2v) is 15.2. The van der Waals surface area contributed by atoms with Crippen molar-refractivity contribution in [3.63, 3.8) is 0 Å². The van der Waals surface area contributed by atoms with Crippen molar-refractivity contribution in [3.05, 3.63) is 94.3 Å². The number of H-pyrrole nitrogens is 1. The van der Waals surface area contributed by atoms with E-state index in [0.29, 0.717) is 18.0 Å². The van der Waals surface area contributed by atoms with E-state index in [4.69, 9.17) is 0 Å². The summed E-state index contributed by atoms with van der Waals surface area (Å²) in [7, 11) is 0. The van der Waals surface area contributed by atoms with Gasteiger partial charge >= 0.3 is 0 Å². The second kappa shape index (κ2) is 13.1. The first-order valence-corrected chi connectivity index (χ1v) is 18.1. The predicted molar refractivity (Wildman–Crippen MR) is 198 cm³/mol. The average Bonchev–Trinajstić information content (AvgIpc) is 3.77. The van der Waals surface area contributed by atoms with E-state index in [1.54, 1.807) is 0 Å². The Kier molecular flexibility index (Phi) is 8.88. The summed E-state index contributed by atoms with van der Waals surface area (Å²) in [6.07, 6.45) is 9.77. The van der Waals surface area contributed by atoms with Gasteiger partial charge < -0.3 is 15.2 Å². The highest BCUT2D eigenvalue weighted by molar-refractivity contribution is 5.95. The molecule has 2 saturated heterocycles. The quantitative estimate of drug-likeness (QED) is 0.141. The van der Waals surface area contributed by atoms with Gasteiger partial charge in [-0.2, -0.15) is 0 Å². The van der Waals surface area contributed by atoms with Crippen LogP contribution in [0.5, 0.6) is 0 Å². The van der Waals surface area contributed by atoms with Gasteiger partial charge in [-0.25, -0.2) is 9.97 Å². The van der Waals surface area contributed by atoms with Crippen LogP contribution in [0.4, 0.5) is 0 Å². The highest BCUT2D eigenvalue weighted by atomic mass is 16.2. The van der Waals surface area contributed by atoms with E-state index in [2.05, 4.69) is 114 Å². The first-order valence-electron chi connectivity index (χ1n) is 18.1. The zero-order valence-electron chi connectivity index (χ0n) is 29.6. The Morgan fingerprint density at radius 3 is 2.40 bits per heavy atom.